The summed E-state index contributed by atoms with van der Waals surface area (Å²) in [4.78, 5) is 12.2. The number of benzene rings is 1. The predicted octanol–water partition coefficient (Wildman–Crippen LogP) is 2.66. The Balaban J connectivity index is 2.91. The average Bonchev–Trinajstić information content (AvgIpc) is 2.30. The second kappa shape index (κ2) is 5.77. The van der Waals surface area contributed by atoms with Crippen molar-refractivity contribution in [1.29, 1.82) is 0 Å². The van der Waals surface area contributed by atoms with Crippen LogP contribution < -0.4 is 0 Å². The molecule has 1 aromatic carbocycles. The van der Waals surface area contributed by atoms with Crippen molar-refractivity contribution in [2.24, 2.45) is 0 Å². The van der Waals surface area contributed by atoms with Gasteiger partial charge in [-0.3, -0.25) is 4.79 Å². The van der Waals surface area contributed by atoms with Gasteiger partial charge in [-0.2, -0.15) is 0 Å². The largest absolute Gasteiger partial charge is 0.344 e. The summed E-state index contributed by atoms with van der Waals surface area (Å²) < 4.78 is 10.8. The first-order valence-corrected chi connectivity index (χ1v) is 5.51. The van der Waals surface area contributed by atoms with Gasteiger partial charge in [-0.05, 0) is 20.8 Å². The first kappa shape index (κ1) is 12.9. The molecule has 16 heavy (non-hydrogen) atoms. The van der Waals surface area contributed by atoms with Crippen LogP contribution >= 0.6 is 0 Å². The third-order valence-electron chi connectivity index (χ3n) is 2.29. The summed E-state index contributed by atoms with van der Waals surface area (Å²) in [5, 5.41) is 0. The molecule has 0 aliphatic rings. The molecule has 0 fully saturated rings. The number of hydrogen-bond acceptors (Lipinski definition) is 3. The van der Waals surface area contributed by atoms with E-state index in [0.717, 1.165) is 0 Å². The van der Waals surface area contributed by atoms with Crippen molar-refractivity contribution in [3.8, 4) is 0 Å². The van der Waals surface area contributed by atoms with E-state index in [1.54, 1.807) is 19.1 Å². The van der Waals surface area contributed by atoms with Crippen molar-refractivity contribution in [1.82, 2.24) is 0 Å². The quantitative estimate of drug-likeness (QED) is 0.548. The Kier molecular flexibility index (Phi) is 4.65. The second-order valence-electron chi connectivity index (χ2n) is 3.51. The summed E-state index contributed by atoms with van der Waals surface area (Å²) in [6.07, 6.45) is 0. The van der Waals surface area contributed by atoms with Crippen molar-refractivity contribution in [2.75, 3.05) is 13.2 Å². The van der Waals surface area contributed by atoms with Gasteiger partial charge in [0.05, 0.1) is 0 Å². The summed E-state index contributed by atoms with van der Waals surface area (Å²) in [6, 6.07) is 9.05. The van der Waals surface area contributed by atoms with Gasteiger partial charge < -0.3 is 9.47 Å². The highest BCUT2D eigenvalue weighted by Crippen LogP contribution is 2.19. The van der Waals surface area contributed by atoms with E-state index >= 15 is 0 Å². The summed E-state index contributed by atoms with van der Waals surface area (Å²) >= 11 is 0. The third-order valence-corrected chi connectivity index (χ3v) is 2.29. The number of carbonyl (C=O) groups is 1. The summed E-state index contributed by atoms with van der Waals surface area (Å²) in [7, 11) is 0. The van der Waals surface area contributed by atoms with Gasteiger partial charge in [0.2, 0.25) is 11.6 Å². The van der Waals surface area contributed by atoms with Gasteiger partial charge in [0.15, 0.2) is 0 Å². The van der Waals surface area contributed by atoms with E-state index in [-0.39, 0.29) is 5.78 Å². The molecule has 0 amide bonds. The molecule has 0 N–H and O–H groups in total. The van der Waals surface area contributed by atoms with Crippen molar-refractivity contribution >= 4 is 5.78 Å². The molecule has 0 spiro atoms. The fourth-order valence-corrected chi connectivity index (χ4v) is 1.58. The van der Waals surface area contributed by atoms with Crippen molar-refractivity contribution in [3.63, 3.8) is 0 Å². The number of ketones is 1. The zero-order valence-electron chi connectivity index (χ0n) is 10.0. The van der Waals surface area contributed by atoms with Crippen LogP contribution in [-0.2, 0) is 9.47 Å². The Morgan fingerprint density at radius 3 is 2.06 bits per heavy atom. The lowest BCUT2D eigenvalue weighted by atomic mass is 10.0. The van der Waals surface area contributed by atoms with Gasteiger partial charge in [0.1, 0.15) is 0 Å². The van der Waals surface area contributed by atoms with Gasteiger partial charge in [-0.15, -0.1) is 0 Å². The molecule has 0 aliphatic heterocycles. The topological polar surface area (TPSA) is 35.5 Å². The fraction of sp³-hybridized carbons (Fsp3) is 0.462. The van der Waals surface area contributed by atoms with E-state index < -0.39 is 5.79 Å². The van der Waals surface area contributed by atoms with Crippen LogP contribution in [0.3, 0.4) is 0 Å². The molecular formula is C13H18O3. The molecular weight excluding hydrogens is 204 g/mol. The Labute approximate surface area is 96.4 Å². The van der Waals surface area contributed by atoms with E-state index in [0.29, 0.717) is 18.8 Å². The van der Waals surface area contributed by atoms with Crippen molar-refractivity contribution in [3.05, 3.63) is 35.9 Å². The Morgan fingerprint density at radius 1 is 1.12 bits per heavy atom. The van der Waals surface area contributed by atoms with Crippen LogP contribution in [0.4, 0.5) is 0 Å². The number of carbonyl (C=O) groups excluding carboxylic acids is 1. The van der Waals surface area contributed by atoms with Gasteiger partial charge in [0.25, 0.3) is 0 Å². The molecule has 0 aromatic heterocycles. The van der Waals surface area contributed by atoms with Crippen LogP contribution in [0.1, 0.15) is 31.1 Å². The van der Waals surface area contributed by atoms with Crippen molar-refractivity contribution < 1.29 is 14.3 Å². The molecule has 0 aliphatic carbocycles. The van der Waals surface area contributed by atoms with E-state index in [9.17, 15) is 4.79 Å². The van der Waals surface area contributed by atoms with Crippen LogP contribution in [0.5, 0.6) is 0 Å². The molecule has 0 heterocycles. The van der Waals surface area contributed by atoms with E-state index in [4.69, 9.17) is 9.47 Å². The number of Topliss-reactive ketones (excluding diaryl/α,β-unsaturated/α-hetero) is 1. The Hall–Kier alpha value is -1.19. The minimum absolute atomic E-state index is 0.142. The standard InChI is InChI=1S/C13H18O3/c1-4-15-13(3,16-5-2)12(14)11-9-7-6-8-10-11/h6-10H,4-5H2,1-3H3. The highest BCUT2D eigenvalue weighted by atomic mass is 16.7. The zero-order valence-corrected chi connectivity index (χ0v) is 10.0. The Bertz CT molecular complexity index is 326. The minimum atomic E-state index is -1.18. The maximum Gasteiger partial charge on any atom is 0.230 e. The molecule has 0 saturated heterocycles. The highest BCUT2D eigenvalue weighted by Gasteiger charge is 2.35. The maximum absolute atomic E-state index is 12.2. The number of ether oxygens (including phenoxy) is 2. The summed E-state index contributed by atoms with van der Waals surface area (Å²) in [6.45, 7) is 6.23. The average molecular weight is 222 g/mol. The van der Waals surface area contributed by atoms with Crippen molar-refractivity contribution in [2.45, 2.75) is 26.6 Å². The molecule has 0 unspecified atom stereocenters. The van der Waals surface area contributed by atoms with Crippen LogP contribution in [0.2, 0.25) is 0 Å². The normalized spacial score (nSPS) is 11.4. The second-order valence-corrected chi connectivity index (χ2v) is 3.51. The van der Waals surface area contributed by atoms with E-state index in [1.807, 2.05) is 32.0 Å². The van der Waals surface area contributed by atoms with Gasteiger partial charge in [-0.1, -0.05) is 30.3 Å². The molecule has 0 atom stereocenters. The molecule has 88 valence electrons. The lowest BCUT2D eigenvalue weighted by Crippen LogP contribution is -2.41. The molecule has 3 heteroatoms. The third kappa shape index (κ3) is 2.90. The van der Waals surface area contributed by atoms with Crippen LogP contribution in [0.15, 0.2) is 30.3 Å². The first-order valence-electron chi connectivity index (χ1n) is 5.51. The number of hydrogen-bond donors (Lipinski definition) is 0. The van der Waals surface area contributed by atoms with Crippen LogP contribution in [0.25, 0.3) is 0 Å². The first-order chi connectivity index (χ1) is 7.64. The maximum atomic E-state index is 12.2. The lowest BCUT2D eigenvalue weighted by Gasteiger charge is -2.27. The molecule has 3 nitrogen and oxygen atoms in total. The van der Waals surface area contributed by atoms with E-state index in [1.165, 1.54) is 0 Å². The summed E-state index contributed by atoms with van der Waals surface area (Å²) in [5.74, 6) is -1.32. The summed E-state index contributed by atoms with van der Waals surface area (Å²) in [5.41, 5.74) is 0.604. The van der Waals surface area contributed by atoms with Crippen LogP contribution in [-0.4, -0.2) is 24.8 Å². The fourth-order valence-electron chi connectivity index (χ4n) is 1.58. The number of rotatable bonds is 6. The molecule has 1 aromatic rings. The zero-order chi connectivity index (χ0) is 12.0. The smallest absolute Gasteiger partial charge is 0.230 e. The van der Waals surface area contributed by atoms with Crippen LogP contribution in [0, 0.1) is 0 Å². The highest BCUT2D eigenvalue weighted by molar-refractivity contribution is 6.01. The molecule has 0 radical (unpaired) electrons. The molecule has 1 rings (SSSR count). The Morgan fingerprint density at radius 2 is 1.62 bits per heavy atom. The van der Waals surface area contributed by atoms with Gasteiger partial charge in [0, 0.05) is 18.8 Å². The monoisotopic (exact) mass is 222 g/mol. The van der Waals surface area contributed by atoms with E-state index in [2.05, 4.69) is 0 Å². The predicted molar refractivity (Wildman–Crippen MR) is 62.4 cm³/mol. The lowest BCUT2D eigenvalue weighted by molar-refractivity contribution is -0.184. The van der Waals surface area contributed by atoms with Gasteiger partial charge >= 0.3 is 0 Å². The van der Waals surface area contributed by atoms with Gasteiger partial charge in [-0.25, -0.2) is 0 Å². The SMILES string of the molecule is CCOC(C)(OCC)C(=O)c1ccccc1. The molecule has 0 saturated carbocycles. The molecule has 0 bridgehead atoms. The minimum Gasteiger partial charge on any atom is -0.344 e.